The molecule has 0 N–H and O–H groups in total. The molecule has 7 nitrogen and oxygen atoms in total. The molecule has 0 spiro atoms. The zero-order chi connectivity index (χ0) is 33.1. The Morgan fingerprint density at radius 2 is 1.76 bits per heavy atom. The number of nitriles is 1. The lowest BCUT2D eigenvalue weighted by atomic mass is 9.34. The second-order valence-corrected chi connectivity index (χ2v) is 17.1. The van der Waals surface area contributed by atoms with Crippen LogP contribution in [0.4, 0.5) is 0 Å². The van der Waals surface area contributed by atoms with Crippen LogP contribution in [-0.4, -0.2) is 32.0 Å². The molecule has 0 unspecified atom stereocenters. The number of imidazole rings is 1. The molecule has 2 aromatic heterocycles. The van der Waals surface area contributed by atoms with E-state index in [0.29, 0.717) is 5.69 Å². The zero-order valence-corrected chi connectivity index (χ0v) is 28.3. The molecule has 0 amide bonds. The fourth-order valence-corrected chi connectivity index (χ4v) is 11.4. The molecule has 7 rings (SSSR count). The second kappa shape index (κ2) is 9.69. The van der Waals surface area contributed by atoms with Crippen LogP contribution in [-0.2, 0) is 9.59 Å². The third kappa shape index (κ3) is 3.91. The average Bonchev–Trinajstić information content (AvgIpc) is 3.50. The molecule has 3 fully saturated rings. The van der Waals surface area contributed by atoms with Crippen LogP contribution in [0.5, 0.6) is 0 Å². The van der Waals surface area contributed by atoms with E-state index in [-0.39, 0.29) is 57.0 Å². The highest BCUT2D eigenvalue weighted by atomic mass is 16.2. The summed E-state index contributed by atoms with van der Waals surface area (Å²) in [5, 5.41) is 10.0. The van der Waals surface area contributed by atoms with Gasteiger partial charge in [-0.1, -0.05) is 60.1 Å². The molecule has 0 bridgehead atoms. The van der Waals surface area contributed by atoms with E-state index in [9.17, 15) is 19.6 Å². The fraction of sp³-hybridized carbons (Fsp3) is 0.590. The summed E-state index contributed by atoms with van der Waals surface area (Å²) in [5.41, 5.74) is 0.266. The largest absolute Gasteiger partial charge is 0.295 e. The molecule has 0 radical (unpaired) electrons. The first-order valence-electron chi connectivity index (χ1n) is 17.0. The topological polar surface area (TPSA) is 106 Å². The van der Waals surface area contributed by atoms with Crippen LogP contribution in [0.15, 0.2) is 60.3 Å². The molecule has 7 atom stereocenters. The van der Waals surface area contributed by atoms with E-state index in [2.05, 4.69) is 50.7 Å². The van der Waals surface area contributed by atoms with Gasteiger partial charge in [-0.05, 0) is 91.2 Å². The van der Waals surface area contributed by atoms with Gasteiger partial charge in [0.05, 0.1) is 16.7 Å². The number of allylic oxidation sites excluding steroid dienone is 4. The molecular weight excluding hydrogens is 572 g/mol. The molecule has 3 saturated carbocycles. The summed E-state index contributed by atoms with van der Waals surface area (Å²) in [4.78, 5) is 51.8. The van der Waals surface area contributed by atoms with Crippen molar-refractivity contribution in [1.29, 1.82) is 5.26 Å². The Balaban J connectivity index is 1.34. The number of carbonyl (C=O) groups is 3. The van der Waals surface area contributed by atoms with Crippen molar-refractivity contribution in [2.75, 3.05) is 0 Å². The van der Waals surface area contributed by atoms with Crippen molar-refractivity contribution in [3.8, 4) is 17.3 Å². The lowest BCUT2D eigenvalue weighted by molar-refractivity contribution is -0.164. The van der Waals surface area contributed by atoms with Crippen LogP contribution in [0.3, 0.4) is 0 Å². The molecule has 2 aromatic rings. The third-order valence-electron chi connectivity index (χ3n) is 14.1. The Hall–Kier alpha value is -3.66. The SMILES string of the molecule is CC1(C)CC[C@]2(C(=O)n3cnc(-c4cccnc4)c3)CC[C@]3(C)[C@H](C(=O)C=C4[C@@]5(C)C=C(C#N)C(=O)C(C)(C)[C@@H]5CC[C@]43C)[C@@H]2C1. The van der Waals surface area contributed by atoms with Crippen molar-refractivity contribution >= 4 is 17.5 Å². The summed E-state index contributed by atoms with van der Waals surface area (Å²) >= 11 is 0. The first-order valence-corrected chi connectivity index (χ1v) is 17.0. The number of rotatable bonds is 2. The van der Waals surface area contributed by atoms with E-state index >= 15 is 0 Å². The normalized spacial score (nSPS) is 39.0. The van der Waals surface area contributed by atoms with E-state index in [1.54, 1.807) is 23.3 Å². The van der Waals surface area contributed by atoms with E-state index in [4.69, 9.17) is 0 Å². The quantitative estimate of drug-likeness (QED) is 0.340. The number of pyridine rings is 1. The summed E-state index contributed by atoms with van der Waals surface area (Å²) in [6, 6.07) is 6.00. The number of hydrogen-bond acceptors (Lipinski definition) is 6. The number of carbonyl (C=O) groups excluding carboxylic acids is 3. The molecule has 0 saturated heterocycles. The Morgan fingerprint density at radius 1 is 1.02 bits per heavy atom. The van der Waals surface area contributed by atoms with Gasteiger partial charge >= 0.3 is 0 Å². The van der Waals surface area contributed by atoms with Crippen molar-refractivity contribution in [1.82, 2.24) is 14.5 Å². The molecule has 5 aliphatic rings. The Kier molecular flexibility index (Phi) is 6.52. The van der Waals surface area contributed by atoms with Crippen LogP contribution >= 0.6 is 0 Å². The molecule has 240 valence electrons. The number of ketones is 2. The number of Topliss-reactive ketones (excluding diaryl/α,β-unsaturated/α-hetero) is 1. The fourth-order valence-electron chi connectivity index (χ4n) is 11.4. The van der Waals surface area contributed by atoms with Crippen LogP contribution in [0.25, 0.3) is 11.3 Å². The summed E-state index contributed by atoms with van der Waals surface area (Å²) in [6.07, 6.45) is 16.5. The van der Waals surface area contributed by atoms with E-state index in [0.717, 1.165) is 56.1 Å². The van der Waals surface area contributed by atoms with Crippen LogP contribution < -0.4 is 0 Å². The summed E-state index contributed by atoms with van der Waals surface area (Å²) in [6.45, 7) is 15.3. The first-order chi connectivity index (χ1) is 21.5. The molecule has 2 heterocycles. The van der Waals surface area contributed by atoms with Gasteiger partial charge in [-0.25, -0.2) is 4.98 Å². The van der Waals surface area contributed by atoms with E-state index in [1.807, 2.05) is 44.3 Å². The van der Waals surface area contributed by atoms with Gasteiger partial charge in [0, 0.05) is 40.9 Å². The van der Waals surface area contributed by atoms with Crippen molar-refractivity contribution in [3.63, 3.8) is 0 Å². The lowest BCUT2D eigenvalue weighted by Crippen LogP contribution is -2.66. The molecular formula is C39H46N4O3. The minimum atomic E-state index is -0.696. The van der Waals surface area contributed by atoms with Crippen LogP contribution in [0.2, 0.25) is 0 Å². The van der Waals surface area contributed by atoms with Gasteiger partial charge < -0.3 is 0 Å². The lowest BCUT2D eigenvalue weighted by Gasteiger charge is -2.69. The molecule has 0 aliphatic heterocycles. The van der Waals surface area contributed by atoms with Gasteiger partial charge in [0.15, 0.2) is 11.6 Å². The number of hydrogen-bond donors (Lipinski definition) is 0. The maximum atomic E-state index is 14.8. The zero-order valence-electron chi connectivity index (χ0n) is 28.3. The minimum Gasteiger partial charge on any atom is -0.295 e. The van der Waals surface area contributed by atoms with Crippen LogP contribution in [0, 0.1) is 61.6 Å². The van der Waals surface area contributed by atoms with Gasteiger partial charge in [0.1, 0.15) is 12.4 Å². The first kappa shape index (κ1) is 31.0. The van der Waals surface area contributed by atoms with Gasteiger partial charge in [-0.3, -0.25) is 23.9 Å². The van der Waals surface area contributed by atoms with Gasteiger partial charge in [-0.2, -0.15) is 5.26 Å². The summed E-state index contributed by atoms with van der Waals surface area (Å²) in [7, 11) is 0. The second-order valence-electron chi connectivity index (χ2n) is 17.1. The van der Waals surface area contributed by atoms with Crippen molar-refractivity contribution in [2.45, 2.75) is 93.4 Å². The highest BCUT2D eigenvalue weighted by Gasteiger charge is 2.71. The Bertz CT molecular complexity index is 1770. The van der Waals surface area contributed by atoms with Crippen molar-refractivity contribution in [3.05, 3.63) is 60.3 Å². The maximum absolute atomic E-state index is 14.8. The summed E-state index contributed by atoms with van der Waals surface area (Å²) in [5.74, 6) is -0.323. The predicted molar refractivity (Wildman–Crippen MR) is 175 cm³/mol. The predicted octanol–water partition coefficient (Wildman–Crippen LogP) is 7.80. The molecule has 46 heavy (non-hydrogen) atoms. The highest BCUT2D eigenvalue weighted by molar-refractivity contribution is 6.04. The maximum Gasteiger partial charge on any atom is 0.238 e. The van der Waals surface area contributed by atoms with Gasteiger partial charge in [-0.15, -0.1) is 0 Å². The Labute approximate surface area is 272 Å². The van der Waals surface area contributed by atoms with Crippen molar-refractivity contribution < 1.29 is 14.4 Å². The third-order valence-corrected chi connectivity index (χ3v) is 14.1. The standard InChI is InChI=1S/C39H46N4O3/c1-34(2)12-14-39(33(46)43-22-27(42-23-43)24-9-8-16-41-21-24)15-13-38(7)31(26(39)19-34)28(44)17-30-36(5)18-25(20-40)32(45)35(3,4)29(36)10-11-37(30,38)6/h8-9,16-18,21-23,26,29,31H,10-15,19H2,1-7H3/t26-,29-,31-,36-,37+,38+,39-/m0/s1. The molecule has 7 heteroatoms. The van der Waals surface area contributed by atoms with E-state index in [1.165, 1.54) is 0 Å². The number of aromatic nitrogens is 3. The van der Waals surface area contributed by atoms with Gasteiger partial charge in [0.25, 0.3) is 0 Å². The van der Waals surface area contributed by atoms with Crippen LogP contribution in [0.1, 0.15) is 98.2 Å². The molecule has 5 aliphatic carbocycles. The Morgan fingerprint density at radius 3 is 2.46 bits per heavy atom. The summed E-state index contributed by atoms with van der Waals surface area (Å²) < 4.78 is 1.67. The number of fused-ring (bicyclic) bond motifs is 7. The minimum absolute atomic E-state index is 0.00463. The monoisotopic (exact) mass is 618 g/mol. The average molecular weight is 619 g/mol. The number of nitrogens with zero attached hydrogens (tertiary/aromatic N) is 4. The molecule has 0 aromatic carbocycles. The van der Waals surface area contributed by atoms with E-state index < -0.39 is 16.2 Å². The van der Waals surface area contributed by atoms with Gasteiger partial charge in [0.2, 0.25) is 5.91 Å². The highest BCUT2D eigenvalue weighted by Crippen LogP contribution is 2.74. The smallest absolute Gasteiger partial charge is 0.238 e. The van der Waals surface area contributed by atoms with Crippen molar-refractivity contribution in [2.24, 2.45) is 50.2 Å².